The van der Waals surface area contributed by atoms with Crippen LogP contribution in [0.25, 0.3) is 0 Å². The molecule has 1 fully saturated rings. The minimum Gasteiger partial charge on any atom is -0.495 e. The van der Waals surface area contributed by atoms with E-state index in [2.05, 4.69) is 10.0 Å². The third-order valence-corrected chi connectivity index (χ3v) is 4.82. The summed E-state index contributed by atoms with van der Waals surface area (Å²) in [6.45, 7) is 0.928. The Morgan fingerprint density at radius 2 is 2.14 bits per heavy atom. The number of hydrogen-bond acceptors (Lipinski definition) is 5. The second-order valence-electron chi connectivity index (χ2n) is 5.16. The van der Waals surface area contributed by atoms with Crippen molar-refractivity contribution in [2.24, 2.45) is 5.73 Å². The molecule has 1 amide bonds. The third kappa shape index (κ3) is 4.19. The van der Waals surface area contributed by atoms with Gasteiger partial charge in [-0.3, -0.25) is 4.79 Å². The summed E-state index contributed by atoms with van der Waals surface area (Å²) in [5, 5.41) is 2.69. The Labute approximate surface area is 130 Å². The molecule has 22 heavy (non-hydrogen) atoms. The third-order valence-electron chi connectivity index (χ3n) is 3.28. The van der Waals surface area contributed by atoms with Crippen molar-refractivity contribution in [3.63, 3.8) is 0 Å². The Kier molecular flexibility index (Phi) is 5.38. The van der Waals surface area contributed by atoms with Crippen molar-refractivity contribution in [1.82, 2.24) is 10.0 Å². The van der Waals surface area contributed by atoms with Crippen LogP contribution >= 0.6 is 0 Å². The van der Waals surface area contributed by atoms with E-state index >= 15 is 0 Å². The maximum absolute atomic E-state index is 12.4. The van der Waals surface area contributed by atoms with Crippen LogP contribution in [0.4, 0.5) is 0 Å². The van der Waals surface area contributed by atoms with Crippen molar-refractivity contribution in [1.29, 1.82) is 0 Å². The lowest BCUT2D eigenvalue weighted by atomic mass is 10.2. The van der Waals surface area contributed by atoms with E-state index in [1.807, 2.05) is 0 Å². The summed E-state index contributed by atoms with van der Waals surface area (Å²) < 4.78 is 32.4. The van der Waals surface area contributed by atoms with Crippen molar-refractivity contribution < 1.29 is 17.9 Å². The Hall–Kier alpha value is -1.64. The molecule has 0 saturated heterocycles. The minimum absolute atomic E-state index is 0.0169. The highest BCUT2D eigenvalue weighted by atomic mass is 32.2. The first kappa shape index (κ1) is 16.7. The largest absolute Gasteiger partial charge is 0.495 e. The monoisotopic (exact) mass is 327 g/mol. The zero-order chi connectivity index (χ0) is 16.2. The van der Waals surface area contributed by atoms with E-state index in [-0.39, 0.29) is 28.2 Å². The molecule has 0 aromatic heterocycles. The molecule has 7 nitrogen and oxygen atoms in total. The fourth-order valence-electron chi connectivity index (χ4n) is 1.92. The van der Waals surface area contributed by atoms with E-state index in [0.29, 0.717) is 19.5 Å². The molecule has 4 N–H and O–H groups in total. The van der Waals surface area contributed by atoms with Gasteiger partial charge in [0.25, 0.3) is 5.91 Å². The summed E-state index contributed by atoms with van der Waals surface area (Å²) >= 11 is 0. The van der Waals surface area contributed by atoms with E-state index in [0.717, 1.165) is 12.8 Å². The maximum atomic E-state index is 12.4. The normalized spacial score (nSPS) is 14.6. The summed E-state index contributed by atoms with van der Waals surface area (Å²) in [5.41, 5.74) is 5.64. The molecule has 1 aliphatic carbocycles. The average molecular weight is 327 g/mol. The van der Waals surface area contributed by atoms with Gasteiger partial charge in [-0.25, -0.2) is 13.1 Å². The minimum atomic E-state index is -3.70. The summed E-state index contributed by atoms with van der Waals surface area (Å²) in [7, 11) is -2.30. The Bertz CT molecular complexity index is 641. The standard InChI is InChI=1S/C14H21N3O4S/c1-21-12-6-3-10(14(18)16-8-2-7-15)9-13(12)22(19,20)17-11-4-5-11/h3,6,9,11,17H,2,4-5,7-8,15H2,1H3,(H,16,18). The quantitative estimate of drug-likeness (QED) is 0.591. The molecule has 0 heterocycles. The number of ether oxygens (including phenoxy) is 1. The lowest BCUT2D eigenvalue weighted by Crippen LogP contribution is -2.28. The van der Waals surface area contributed by atoms with E-state index in [4.69, 9.17) is 10.5 Å². The molecule has 0 aliphatic heterocycles. The van der Waals surface area contributed by atoms with Crippen LogP contribution in [-0.2, 0) is 10.0 Å². The molecule has 0 spiro atoms. The fourth-order valence-corrected chi connectivity index (χ4v) is 3.42. The molecule has 0 bridgehead atoms. The lowest BCUT2D eigenvalue weighted by molar-refractivity contribution is 0.0953. The topological polar surface area (TPSA) is 111 Å². The molecule has 1 saturated carbocycles. The number of sulfonamides is 1. The molecule has 1 aromatic rings. The number of carbonyl (C=O) groups excluding carboxylic acids is 1. The van der Waals surface area contributed by atoms with Gasteiger partial charge < -0.3 is 15.8 Å². The molecular formula is C14H21N3O4S. The average Bonchev–Trinajstić information content (AvgIpc) is 3.30. The number of carbonyl (C=O) groups is 1. The highest BCUT2D eigenvalue weighted by molar-refractivity contribution is 7.89. The molecular weight excluding hydrogens is 306 g/mol. The van der Waals surface area contributed by atoms with Gasteiger partial charge in [0.2, 0.25) is 10.0 Å². The highest BCUT2D eigenvalue weighted by Gasteiger charge is 2.30. The number of methoxy groups -OCH3 is 1. The Balaban J connectivity index is 2.23. The zero-order valence-electron chi connectivity index (χ0n) is 12.5. The number of nitrogens with two attached hydrogens (primary N) is 1. The summed E-state index contributed by atoms with van der Waals surface area (Å²) in [6, 6.07) is 4.34. The van der Waals surface area contributed by atoms with Crippen LogP contribution in [0.3, 0.4) is 0 Å². The van der Waals surface area contributed by atoms with Gasteiger partial charge in [0, 0.05) is 18.2 Å². The van der Waals surface area contributed by atoms with E-state index < -0.39 is 10.0 Å². The van der Waals surface area contributed by atoms with Gasteiger partial charge in [0.1, 0.15) is 10.6 Å². The van der Waals surface area contributed by atoms with Crippen molar-refractivity contribution >= 4 is 15.9 Å². The fraction of sp³-hybridized carbons (Fsp3) is 0.500. The summed E-state index contributed by atoms with van der Waals surface area (Å²) in [4.78, 5) is 12.0. The molecule has 0 radical (unpaired) electrons. The lowest BCUT2D eigenvalue weighted by Gasteiger charge is -2.12. The number of rotatable bonds is 8. The van der Waals surface area contributed by atoms with Crippen LogP contribution in [0.15, 0.2) is 23.1 Å². The molecule has 0 unspecified atom stereocenters. The van der Waals surface area contributed by atoms with Crippen molar-refractivity contribution in [3.05, 3.63) is 23.8 Å². The van der Waals surface area contributed by atoms with Gasteiger partial charge in [-0.1, -0.05) is 0 Å². The van der Waals surface area contributed by atoms with Gasteiger partial charge in [-0.05, 0) is 44.0 Å². The van der Waals surface area contributed by atoms with E-state index in [1.165, 1.54) is 25.3 Å². The van der Waals surface area contributed by atoms with E-state index in [9.17, 15) is 13.2 Å². The van der Waals surface area contributed by atoms with Gasteiger partial charge in [0.15, 0.2) is 0 Å². The van der Waals surface area contributed by atoms with Crippen LogP contribution < -0.4 is 20.5 Å². The SMILES string of the molecule is COc1ccc(C(=O)NCCCN)cc1S(=O)(=O)NC1CC1. The zero-order valence-corrected chi connectivity index (χ0v) is 13.3. The molecule has 8 heteroatoms. The molecule has 2 rings (SSSR count). The van der Waals surface area contributed by atoms with E-state index in [1.54, 1.807) is 0 Å². The van der Waals surface area contributed by atoms with Gasteiger partial charge in [-0.2, -0.15) is 0 Å². The van der Waals surface area contributed by atoms with Crippen LogP contribution in [-0.4, -0.2) is 40.6 Å². The smallest absolute Gasteiger partial charge is 0.251 e. The highest BCUT2D eigenvalue weighted by Crippen LogP contribution is 2.28. The summed E-state index contributed by atoms with van der Waals surface area (Å²) in [5.74, 6) is -0.120. The molecule has 1 aliphatic rings. The van der Waals surface area contributed by atoms with Gasteiger partial charge in [-0.15, -0.1) is 0 Å². The Morgan fingerprint density at radius 1 is 1.41 bits per heavy atom. The first-order valence-electron chi connectivity index (χ1n) is 7.16. The first-order chi connectivity index (χ1) is 10.5. The van der Waals surface area contributed by atoms with Gasteiger partial charge in [0.05, 0.1) is 7.11 Å². The second-order valence-corrected chi connectivity index (χ2v) is 6.84. The van der Waals surface area contributed by atoms with Gasteiger partial charge >= 0.3 is 0 Å². The van der Waals surface area contributed by atoms with Crippen molar-refractivity contribution in [2.45, 2.75) is 30.2 Å². The van der Waals surface area contributed by atoms with Crippen LogP contribution in [0.1, 0.15) is 29.6 Å². The van der Waals surface area contributed by atoms with Crippen LogP contribution in [0.2, 0.25) is 0 Å². The number of nitrogens with one attached hydrogen (secondary N) is 2. The Morgan fingerprint density at radius 3 is 2.73 bits per heavy atom. The first-order valence-corrected chi connectivity index (χ1v) is 8.65. The number of amides is 1. The summed E-state index contributed by atoms with van der Waals surface area (Å²) in [6.07, 6.45) is 2.33. The van der Waals surface area contributed by atoms with Crippen LogP contribution in [0, 0.1) is 0 Å². The van der Waals surface area contributed by atoms with Crippen LogP contribution in [0.5, 0.6) is 5.75 Å². The molecule has 0 atom stereocenters. The van der Waals surface area contributed by atoms with Crippen molar-refractivity contribution in [3.8, 4) is 5.75 Å². The predicted molar refractivity (Wildman–Crippen MR) is 82.3 cm³/mol. The number of hydrogen-bond donors (Lipinski definition) is 3. The number of benzene rings is 1. The van der Waals surface area contributed by atoms with Crippen molar-refractivity contribution in [2.75, 3.05) is 20.2 Å². The predicted octanol–water partition coefficient (Wildman–Crippen LogP) is 0.215. The maximum Gasteiger partial charge on any atom is 0.251 e. The molecule has 1 aromatic carbocycles. The second kappa shape index (κ2) is 7.08. The molecule has 122 valence electrons.